The third-order valence-corrected chi connectivity index (χ3v) is 4.10. The van der Waals surface area contributed by atoms with E-state index in [1.807, 2.05) is 25.1 Å². The van der Waals surface area contributed by atoms with Gasteiger partial charge in [-0.3, -0.25) is 0 Å². The monoisotopic (exact) mass is 372 g/mol. The molecule has 0 radical (unpaired) electrons. The van der Waals surface area contributed by atoms with E-state index < -0.39 is 11.6 Å². The summed E-state index contributed by atoms with van der Waals surface area (Å²) in [4.78, 5) is 4.14. The van der Waals surface area contributed by atoms with Crippen molar-refractivity contribution in [1.82, 2.24) is 14.8 Å². The second-order valence-electron chi connectivity index (χ2n) is 6.40. The fraction of sp³-hybridized carbons (Fsp3) is 0.263. The topological polar surface area (TPSA) is 61.2 Å². The number of ether oxygens (including phenoxy) is 2. The Hall–Kier alpha value is -3.00. The summed E-state index contributed by atoms with van der Waals surface area (Å²) < 4.78 is 39.3. The second kappa shape index (κ2) is 7.32. The Kier molecular flexibility index (Phi) is 4.72. The van der Waals surface area contributed by atoms with Crippen LogP contribution in [0.2, 0.25) is 0 Å². The van der Waals surface area contributed by atoms with Crippen molar-refractivity contribution >= 4 is 11.6 Å². The van der Waals surface area contributed by atoms with Crippen LogP contribution >= 0.6 is 0 Å². The first-order chi connectivity index (χ1) is 13.0. The van der Waals surface area contributed by atoms with Gasteiger partial charge in [-0.15, -0.1) is 5.10 Å². The Morgan fingerprint density at radius 2 is 1.96 bits per heavy atom. The summed E-state index contributed by atoms with van der Waals surface area (Å²) in [6.07, 6.45) is 2.31. The number of aryl methyl sites for hydroxylation is 1. The molecular weight excluding hydrogens is 354 g/mol. The highest BCUT2D eigenvalue weighted by Gasteiger charge is 2.17. The third-order valence-electron chi connectivity index (χ3n) is 4.10. The maximum Gasteiger partial charge on any atom is 0.246 e. The van der Waals surface area contributed by atoms with Crippen molar-refractivity contribution in [2.24, 2.45) is 0 Å². The smallest absolute Gasteiger partial charge is 0.246 e. The van der Waals surface area contributed by atoms with Gasteiger partial charge in [-0.2, -0.15) is 4.98 Å². The van der Waals surface area contributed by atoms with Crippen LogP contribution < -0.4 is 10.1 Å². The van der Waals surface area contributed by atoms with Crippen LogP contribution in [-0.4, -0.2) is 34.1 Å². The molecule has 3 aromatic rings. The molecule has 1 aliphatic rings. The van der Waals surface area contributed by atoms with E-state index in [1.165, 1.54) is 23.1 Å². The molecule has 1 fully saturated rings. The number of nitrogens with one attached hydrogen (secondary N) is 1. The summed E-state index contributed by atoms with van der Waals surface area (Å²) in [6.45, 7) is 3.27. The SMILES string of the molecule is Cc1cc(Nc2ncn(-c3cc(F)cc(F)c3)n2)cc(OC2CCOC2)c1. The Bertz CT molecular complexity index is 934. The molecule has 6 nitrogen and oxygen atoms in total. The lowest BCUT2D eigenvalue weighted by atomic mass is 10.2. The summed E-state index contributed by atoms with van der Waals surface area (Å²) in [5.74, 6) is -0.308. The first-order valence-electron chi connectivity index (χ1n) is 8.56. The van der Waals surface area contributed by atoms with Crippen molar-refractivity contribution in [2.45, 2.75) is 19.4 Å². The maximum absolute atomic E-state index is 13.4. The second-order valence-corrected chi connectivity index (χ2v) is 6.40. The predicted molar refractivity (Wildman–Crippen MR) is 95.6 cm³/mol. The standard InChI is InChI=1S/C19H18F2N4O2/c1-12-4-15(9-18(5-12)27-17-2-3-26-10-17)23-19-22-11-25(24-19)16-7-13(20)6-14(21)8-16/h4-9,11,17H,2-3,10H2,1H3,(H,23,24). The zero-order chi connectivity index (χ0) is 18.8. The predicted octanol–water partition coefficient (Wildman–Crippen LogP) is 3.77. The van der Waals surface area contributed by atoms with Crippen LogP contribution in [0.5, 0.6) is 5.75 Å². The van der Waals surface area contributed by atoms with Crippen LogP contribution in [0.25, 0.3) is 5.69 Å². The summed E-state index contributed by atoms with van der Waals surface area (Å²) in [5.41, 5.74) is 2.02. The van der Waals surface area contributed by atoms with Gasteiger partial charge in [-0.25, -0.2) is 13.5 Å². The summed E-state index contributed by atoms with van der Waals surface area (Å²) >= 11 is 0. The molecule has 8 heteroatoms. The molecule has 1 aromatic heterocycles. The van der Waals surface area contributed by atoms with Crippen LogP contribution in [0.3, 0.4) is 0 Å². The number of rotatable bonds is 5. The fourth-order valence-corrected chi connectivity index (χ4v) is 2.93. The fourth-order valence-electron chi connectivity index (χ4n) is 2.93. The van der Waals surface area contributed by atoms with Crippen molar-refractivity contribution in [3.63, 3.8) is 0 Å². The van der Waals surface area contributed by atoms with E-state index in [2.05, 4.69) is 15.4 Å². The normalized spacial score (nSPS) is 16.5. The molecule has 140 valence electrons. The lowest BCUT2D eigenvalue weighted by Crippen LogP contribution is -2.15. The number of aromatic nitrogens is 3. The van der Waals surface area contributed by atoms with Crippen LogP contribution in [-0.2, 0) is 4.74 Å². The average Bonchev–Trinajstić information content (AvgIpc) is 3.25. The van der Waals surface area contributed by atoms with Gasteiger partial charge in [0.05, 0.1) is 18.9 Å². The molecule has 0 amide bonds. The summed E-state index contributed by atoms with van der Waals surface area (Å²) in [5, 5.41) is 7.31. The molecular formula is C19H18F2N4O2. The maximum atomic E-state index is 13.4. The summed E-state index contributed by atoms with van der Waals surface area (Å²) in [7, 11) is 0. The molecule has 0 bridgehead atoms. The van der Waals surface area contributed by atoms with Crippen molar-refractivity contribution in [3.05, 3.63) is 59.9 Å². The molecule has 2 aromatic carbocycles. The van der Waals surface area contributed by atoms with Gasteiger partial charge in [0.15, 0.2) is 0 Å². The Morgan fingerprint density at radius 1 is 1.15 bits per heavy atom. The van der Waals surface area contributed by atoms with Crippen molar-refractivity contribution in [3.8, 4) is 11.4 Å². The minimum Gasteiger partial charge on any atom is -0.488 e. The number of hydrogen-bond donors (Lipinski definition) is 1. The molecule has 0 saturated carbocycles. The molecule has 1 saturated heterocycles. The number of anilines is 2. The van der Waals surface area contributed by atoms with Gasteiger partial charge in [0.25, 0.3) is 0 Å². The first-order valence-corrected chi connectivity index (χ1v) is 8.56. The van der Waals surface area contributed by atoms with E-state index in [4.69, 9.17) is 9.47 Å². The Labute approximate surface area is 154 Å². The third kappa shape index (κ3) is 4.22. The van der Waals surface area contributed by atoms with Gasteiger partial charge in [-0.05, 0) is 36.8 Å². The Morgan fingerprint density at radius 3 is 2.70 bits per heavy atom. The van der Waals surface area contributed by atoms with E-state index in [0.29, 0.717) is 19.2 Å². The molecule has 1 N–H and O–H groups in total. The van der Waals surface area contributed by atoms with E-state index in [9.17, 15) is 8.78 Å². The molecule has 0 spiro atoms. The number of halogens is 2. The highest BCUT2D eigenvalue weighted by molar-refractivity contribution is 5.57. The highest BCUT2D eigenvalue weighted by Crippen LogP contribution is 2.25. The van der Waals surface area contributed by atoms with Crippen LogP contribution in [0.4, 0.5) is 20.4 Å². The Balaban J connectivity index is 1.52. The molecule has 1 aliphatic heterocycles. The van der Waals surface area contributed by atoms with E-state index >= 15 is 0 Å². The van der Waals surface area contributed by atoms with Crippen LogP contribution in [0.15, 0.2) is 42.7 Å². The van der Waals surface area contributed by atoms with E-state index in [-0.39, 0.29) is 11.8 Å². The molecule has 0 aliphatic carbocycles. The zero-order valence-corrected chi connectivity index (χ0v) is 14.7. The molecule has 27 heavy (non-hydrogen) atoms. The van der Waals surface area contributed by atoms with Crippen molar-refractivity contribution < 1.29 is 18.3 Å². The molecule has 2 heterocycles. The zero-order valence-electron chi connectivity index (χ0n) is 14.7. The average molecular weight is 372 g/mol. The molecule has 1 unspecified atom stereocenters. The van der Waals surface area contributed by atoms with Crippen LogP contribution in [0, 0.1) is 18.6 Å². The van der Waals surface area contributed by atoms with Gasteiger partial charge in [0.2, 0.25) is 5.95 Å². The van der Waals surface area contributed by atoms with E-state index in [1.54, 1.807) is 0 Å². The number of nitrogens with zero attached hydrogens (tertiary/aromatic N) is 3. The number of hydrogen-bond acceptors (Lipinski definition) is 5. The van der Waals surface area contributed by atoms with Gasteiger partial charge in [0.1, 0.15) is 29.8 Å². The van der Waals surface area contributed by atoms with Crippen LogP contribution in [0.1, 0.15) is 12.0 Å². The first kappa shape index (κ1) is 17.4. The quantitative estimate of drug-likeness (QED) is 0.739. The molecule has 1 atom stereocenters. The number of benzene rings is 2. The van der Waals surface area contributed by atoms with Crippen molar-refractivity contribution in [1.29, 1.82) is 0 Å². The lowest BCUT2D eigenvalue weighted by molar-refractivity contribution is 0.141. The minimum absolute atomic E-state index is 0.0554. The summed E-state index contributed by atoms with van der Waals surface area (Å²) in [6, 6.07) is 8.91. The van der Waals surface area contributed by atoms with Gasteiger partial charge < -0.3 is 14.8 Å². The van der Waals surface area contributed by atoms with Gasteiger partial charge in [-0.1, -0.05) is 0 Å². The largest absolute Gasteiger partial charge is 0.488 e. The van der Waals surface area contributed by atoms with Crippen molar-refractivity contribution in [2.75, 3.05) is 18.5 Å². The highest BCUT2D eigenvalue weighted by atomic mass is 19.1. The van der Waals surface area contributed by atoms with Gasteiger partial charge in [0, 0.05) is 24.2 Å². The van der Waals surface area contributed by atoms with Gasteiger partial charge >= 0.3 is 0 Å². The lowest BCUT2D eigenvalue weighted by Gasteiger charge is -2.14. The minimum atomic E-state index is -0.675. The van der Waals surface area contributed by atoms with E-state index in [0.717, 1.165) is 29.5 Å². The molecule has 4 rings (SSSR count).